The van der Waals surface area contributed by atoms with Gasteiger partial charge in [0.05, 0.1) is 0 Å². The zero-order chi connectivity index (χ0) is 14.5. The molecule has 0 atom stereocenters. The highest BCUT2D eigenvalue weighted by Gasteiger charge is 2.03. The fourth-order valence-corrected chi connectivity index (χ4v) is 3.20. The maximum Gasteiger partial charge on any atom is 0.0189 e. The van der Waals surface area contributed by atoms with Crippen molar-refractivity contribution in [3.63, 3.8) is 0 Å². The number of nitrogens with two attached hydrogens (primary N) is 1. The lowest BCUT2D eigenvalue weighted by Gasteiger charge is -2.08. The average molecular weight is 291 g/mol. The lowest BCUT2D eigenvalue weighted by atomic mass is 10.1. The zero-order valence-corrected chi connectivity index (χ0v) is 12.5. The lowest BCUT2D eigenvalue weighted by molar-refractivity contribution is 1.03. The van der Waals surface area contributed by atoms with E-state index in [0.717, 1.165) is 0 Å². The van der Waals surface area contributed by atoms with E-state index in [0.29, 0.717) is 6.54 Å². The summed E-state index contributed by atoms with van der Waals surface area (Å²) in [5.41, 5.74) is 9.47. The topological polar surface area (TPSA) is 26.0 Å². The van der Waals surface area contributed by atoms with Crippen LogP contribution in [0.2, 0.25) is 0 Å². The van der Waals surface area contributed by atoms with Crippen LogP contribution in [0.4, 0.5) is 0 Å². The molecule has 21 heavy (non-hydrogen) atoms. The van der Waals surface area contributed by atoms with Crippen LogP contribution in [0.1, 0.15) is 5.56 Å². The van der Waals surface area contributed by atoms with E-state index in [-0.39, 0.29) is 0 Å². The highest BCUT2D eigenvalue weighted by atomic mass is 32.2. The molecule has 0 aliphatic heterocycles. The summed E-state index contributed by atoms with van der Waals surface area (Å²) in [7, 11) is 0. The summed E-state index contributed by atoms with van der Waals surface area (Å²) in [6.07, 6.45) is 0. The molecule has 0 aliphatic carbocycles. The van der Waals surface area contributed by atoms with Gasteiger partial charge < -0.3 is 5.73 Å². The highest BCUT2D eigenvalue weighted by Crippen LogP contribution is 2.31. The van der Waals surface area contributed by atoms with E-state index in [9.17, 15) is 0 Å². The Bertz CT molecular complexity index is 705. The van der Waals surface area contributed by atoms with Gasteiger partial charge in [0, 0.05) is 16.3 Å². The first-order valence-corrected chi connectivity index (χ1v) is 7.80. The summed E-state index contributed by atoms with van der Waals surface area (Å²) in [4.78, 5) is 2.46. The normalized spacial score (nSPS) is 10.5. The Morgan fingerprint density at radius 2 is 1.29 bits per heavy atom. The van der Waals surface area contributed by atoms with Gasteiger partial charge in [0.25, 0.3) is 0 Å². The summed E-state index contributed by atoms with van der Waals surface area (Å²) < 4.78 is 0. The van der Waals surface area contributed by atoms with E-state index < -0.39 is 0 Å². The molecule has 0 radical (unpaired) electrons. The van der Waals surface area contributed by atoms with Gasteiger partial charge in [-0.15, -0.1) is 0 Å². The quantitative estimate of drug-likeness (QED) is 0.735. The molecule has 2 N–H and O–H groups in total. The average Bonchev–Trinajstić information content (AvgIpc) is 2.57. The smallest absolute Gasteiger partial charge is 0.0189 e. The third-order valence-electron chi connectivity index (χ3n) is 3.38. The molecule has 104 valence electrons. The van der Waals surface area contributed by atoms with Gasteiger partial charge in [0.2, 0.25) is 0 Å². The van der Waals surface area contributed by atoms with Gasteiger partial charge in [-0.3, -0.25) is 0 Å². The molecule has 0 aromatic heterocycles. The molecule has 0 unspecified atom stereocenters. The predicted molar refractivity (Wildman–Crippen MR) is 90.3 cm³/mol. The third-order valence-corrected chi connectivity index (χ3v) is 4.51. The molecule has 0 heterocycles. The van der Waals surface area contributed by atoms with E-state index in [2.05, 4.69) is 66.7 Å². The molecule has 3 rings (SSSR count). The minimum atomic E-state index is 0.575. The van der Waals surface area contributed by atoms with Crippen LogP contribution in [-0.2, 0) is 6.54 Å². The van der Waals surface area contributed by atoms with Crippen LogP contribution in [-0.4, -0.2) is 0 Å². The van der Waals surface area contributed by atoms with Gasteiger partial charge in [0.1, 0.15) is 0 Å². The van der Waals surface area contributed by atoms with Gasteiger partial charge >= 0.3 is 0 Å². The van der Waals surface area contributed by atoms with Crippen LogP contribution in [0, 0.1) is 0 Å². The predicted octanol–water partition coefficient (Wildman–Crippen LogP) is 4.96. The molecule has 0 spiro atoms. The Hall–Kier alpha value is -2.03. The summed E-state index contributed by atoms with van der Waals surface area (Å²) in [5, 5.41) is 0. The molecule has 0 amide bonds. The number of hydrogen-bond donors (Lipinski definition) is 1. The molecular weight excluding hydrogens is 274 g/mol. The van der Waals surface area contributed by atoms with Crippen molar-refractivity contribution in [3.8, 4) is 11.1 Å². The Kier molecular flexibility index (Phi) is 4.39. The van der Waals surface area contributed by atoms with Crippen molar-refractivity contribution in [1.29, 1.82) is 0 Å². The van der Waals surface area contributed by atoms with Crippen molar-refractivity contribution in [3.05, 3.63) is 84.4 Å². The van der Waals surface area contributed by atoms with Crippen LogP contribution in [0.25, 0.3) is 11.1 Å². The molecule has 0 bridgehead atoms. The molecule has 0 saturated carbocycles. The highest BCUT2D eigenvalue weighted by molar-refractivity contribution is 7.99. The first kappa shape index (κ1) is 13.9. The largest absolute Gasteiger partial charge is 0.326 e. The van der Waals surface area contributed by atoms with E-state index in [1.807, 2.05) is 12.1 Å². The Labute approximate surface area is 129 Å². The molecule has 3 aromatic carbocycles. The Morgan fingerprint density at radius 3 is 2.00 bits per heavy atom. The molecule has 2 heteroatoms. The van der Waals surface area contributed by atoms with Crippen molar-refractivity contribution in [2.24, 2.45) is 5.73 Å². The van der Waals surface area contributed by atoms with Crippen LogP contribution in [0.5, 0.6) is 0 Å². The first-order chi connectivity index (χ1) is 10.4. The zero-order valence-electron chi connectivity index (χ0n) is 11.7. The van der Waals surface area contributed by atoms with Gasteiger partial charge in [-0.25, -0.2) is 0 Å². The van der Waals surface area contributed by atoms with Gasteiger partial charge in [-0.1, -0.05) is 72.4 Å². The lowest BCUT2D eigenvalue weighted by Crippen LogP contribution is -1.97. The van der Waals surface area contributed by atoms with E-state index in [4.69, 9.17) is 5.73 Å². The first-order valence-electron chi connectivity index (χ1n) is 6.98. The second-order valence-electron chi connectivity index (χ2n) is 4.80. The molecule has 0 saturated heterocycles. The summed E-state index contributed by atoms with van der Waals surface area (Å²) in [6, 6.07) is 27.4. The molecule has 1 nitrogen and oxygen atoms in total. The van der Waals surface area contributed by atoms with Crippen molar-refractivity contribution < 1.29 is 0 Å². The summed E-state index contributed by atoms with van der Waals surface area (Å²) >= 11 is 1.76. The molecule has 0 fully saturated rings. The van der Waals surface area contributed by atoms with Crippen LogP contribution < -0.4 is 5.73 Å². The van der Waals surface area contributed by atoms with Crippen molar-refractivity contribution in [2.75, 3.05) is 0 Å². The van der Waals surface area contributed by atoms with E-state index in [1.54, 1.807) is 11.8 Å². The Morgan fingerprint density at radius 1 is 0.667 bits per heavy atom. The molecule has 3 aromatic rings. The maximum atomic E-state index is 5.79. The number of rotatable bonds is 4. The van der Waals surface area contributed by atoms with Crippen LogP contribution in [0.15, 0.2) is 88.7 Å². The standard InChI is InChI=1S/C19H17NS/c20-14-17-8-4-5-9-19(17)21-18-12-10-16(11-13-18)15-6-2-1-3-7-15/h1-13H,14,20H2. The van der Waals surface area contributed by atoms with Gasteiger partial charge in [0.15, 0.2) is 0 Å². The van der Waals surface area contributed by atoms with Crippen molar-refractivity contribution >= 4 is 11.8 Å². The molecular formula is C19H17NS. The van der Waals surface area contributed by atoms with Gasteiger partial charge in [-0.2, -0.15) is 0 Å². The monoisotopic (exact) mass is 291 g/mol. The summed E-state index contributed by atoms with van der Waals surface area (Å²) in [5.74, 6) is 0. The summed E-state index contributed by atoms with van der Waals surface area (Å²) in [6.45, 7) is 0.575. The second kappa shape index (κ2) is 6.61. The van der Waals surface area contributed by atoms with Crippen molar-refractivity contribution in [2.45, 2.75) is 16.3 Å². The molecule has 0 aliphatic rings. The fourth-order valence-electron chi connectivity index (χ4n) is 2.25. The minimum Gasteiger partial charge on any atom is -0.326 e. The maximum absolute atomic E-state index is 5.79. The fraction of sp³-hybridized carbons (Fsp3) is 0.0526. The number of benzene rings is 3. The number of hydrogen-bond acceptors (Lipinski definition) is 2. The van der Waals surface area contributed by atoms with Gasteiger partial charge in [-0.05, 0) is 34.9 Å². The van der Waals surface area contributed by atoms with Crippen LogP contribution >= 0.6 is 11.8 Å². The van der Waals surface area contributed by atoms with Crippen molar-refractivity contribution in [1.82, 2.24) is 0 Å². The second-order valence-corrected chi connectivity index (χ2v) is 5.92. The third kappa shape index (κ3) is 3.35. The van der Waals surface area contributed by atoms with E-state index in [1.165, 1.54) is 26.5 Å². The minimum absolute atomic E-state index is 0.575. The van der Waals surface area contributed by atoms with Crippen LogP contribution in [0.3, 0.4) is 0 Å². The van der Waals surface area contributed by atoms with E-state index >= 15 is 0 Å². The Balaban J connectivity index is 1.82. The SMILES string of the molecule is NCc1ccccc1Sc1ccc(-c2ccccc2)cc1.